The predicted molar refractivity (Wildman–Crippen MR) is 161 cm³/mol. The molecule has 2 N–H and O–H groups in total. The third-order valence-electron chi connectivity index (χ3n) is 8.01. The van der Waals surface area contributed by atoms with E-state index in [9.17, 15) is 18.4 Å². The summed E-state index contributed by atoms with van der Waals surface area (Å²) >= 11 is 0. The summed E-state index contributed by atoms with van der Waals surface area (Å²) in [6.07, 6.45) is 5.11. The van der Waals surface area contributed by atoms with Crippen LogP contribution in [-0.4, -0.2) is 106 Å². The lowest BCUT2D eigenvalue weighted by Crippen LogP contribution is -2.54. The number of carbonyl (C=O) groups excluding carboxylic acids is 2. The number of alkyl halides is 2. The SMILES string of the molecule is Cc1cc(Nc2nccn3c(-c4ccc(OC(F)F)cc4)cnc23)ccc1C(=O)N1CCN(C(=O)CN2CCNCC2)CC1. The van der Waals surface area contributed by atoms with Gasteiger partial charge < -0.3 is 25.2 Å². The van der Waals surface area contributed by atoms with Gasteiger partial charge in [-0.1, -0.05) is 0 Å². The van der Waals surface area contributed by atoms with E-state index in [1.807, 2.05) is 39.3 Å². The van der Waals surface area contributed by atoms with E-state index in [0.29, 0.717) is 49.8 Å². The van der Waals surface area contributed by atoms with Crippen LogP contribution >= 0.6 is 0 Å². The number of aromatic nitrogens is 3. The molecule has 0 atom stereocenters. The molecule has 2 aromatic carbocycles. The third kappa shape index (κ3) is 6.48. The van der Waals surface area contributed by atoms with Gasteiger partial charge in [0.25, 0.3) is 5.91 Å². The first-order valence-electron chi connectivity index (χ1n) is 14.6. The van der Waals surface area contributed by atoms with Gasteiger partial charge >= 0.3 is 6.61 Å². The van der Waals surface area contributed by atoms with Crippen molar-refractivity contribution in [2.24, 2.45) is 0 Å². The van der Waals surface area contributed by atoms with Crippen molar-refractivity contribution in [1.82, 2.24) is 34.4 Å². The van der Waals surface area contributed by atoms with Crippen molar-refractivity contribution in [3.8, 4) is 17.0 Å². The van der Waals surface area contributed by atoms with E-state index in [2.05, 4.69) is 30.2 Å². The number of hydrogen-bond donors (Lipinski definition) is 2. The Morgan fingerprint density at radius 3 is 2.41 bits per heavy atom. The van der Waals surface area contributed by atoms with E-state index in [1.54, 1.807) is 30.7 Å². The molecular weight excluding hydrogens is 570 g/mol. The number of amides is 2. The lowest BCUT2D eigenvalue weighted by Gasteiger charge is -2.36. The molecule has 2 aliphatic rings. The van der Waals surface area contributed by atoms with Crippen LogP contribution in [0, 0.1) is 6.92 Å². The molecule has 0 aliphatic carbocycles. The maximum Gasteiger partial charge on any atom is 0.387 e. The summed E-state index contributed by atoms with van der Waals surface area (Å²) in [6.45, 7) is 5.07. The Bertz CT molecular complexity index is 1630. The predicted octanol–water partition coefficient (Wildman–Crippen LogP) is 3.24. The van der Waals surface area contributed by atoms with Crippen LogP contribution in [0.4, 0.5) is 20.3 Å². The Balaban J connectivity index is 1.09. The highest BCUT2D eigenvalue weighted by atomic mass is 19.3. The molecular formula is C31H34F2N8O3. The van der Waals surface area contributed by atoms with Crippen molar-refractivity contribution in [3.05, 3.63) is 72.2 Å². The molecule has 13 heteroatoms. The summed E-state index contributed by atoms with van der Waals surface area (Å²) in [5.74, 6) is 0.677. The molecule has 230 valence electrons. The van der Waals surface area contributed by atoms with Gasteiger partial charge in [0.2, 0.25) is 5.91 Å². The molecule has 4 heterocycles. The average Bonchev–Trinajstić information content (AvgIpc) is 3.47. The molecule has 0 bridgehead atoms. The second-order valence-corrected chi connectivity index (χ2v) is 10.9. The number of imidazole rings is 1. The molecule has 4 aromatic rings. The molecule has 2 saturated heterocycles. The Labute approximate surface area is 253 Å². The van der Waals surface area contributed by atoms with Crippen molar-refractivity contribution in [3.63, 3.8) is 0 Å². The number of rotatable bonds is 8. The average molecular weight is 605 g/mol. The number of fused-ring (bicyclic) bond motifs is 1. The standard InChI is InChI=1S/C31H34F2N8O3/c1-21-18-23(4-7-25(21)30(43)40-16-14-39(15-17-40)27(42)20-38-11-8-34-9-12-38)37-28-29-36-19-26(41(29)13-10-35-28)22-2-5-24(6-3-22)44-31(32)33/h2-7,10,13,18-19,31,34H,8-9,11-12,14-17,20H2,1H3,(H,35,37). The molecule has 0 saturated carbocycles. The molecule has 2 aromatic heterocycles. The first-order chi connectivity index (χ1) is 21.4. The molecule has 44 heavy (non-hydrogen) atoms. The first-order valence-corrected chi connectivity index (χ1v) is 14.6. The van der Waals surface area contributed by atoms with E-state index < -0.39 is 6.61 Å². The molecule has 0 unspecified atom stereocenters. The van der Waals surface area contributed by atoms with Gasteiger partial charge in [-0.05, 0) is 55.0 Å². The van der Waals surface area contributed by atoms with E-state index >= 15 is 0 Å². The second kappa shape index (κ2) is 12.9. The summed E-state index contributed by atoms with van der Waals surface area (Å²) in [6, 6.07) is 11.9. The van der Waals surface area contributed by atoms with Crippen molar-refractivity contribution in [2.45, 2.75) is 13.5 Å². The van der Waals surface area contributed by atoms with Crippen molar-refractivity contribution >= 4 is 29.0 Å². The number of ether oxygens (including phenoxy) is 1. The number of aryl methyl sites for hydroxylation is 1. The third-order valence-corrected chi connectivity index (χ3v) is 8.01. The summed E-state index contributed by atoms with van der Waals surface area (Å²) in [7, 11) is 0. The van der Waals surface area contributed by atoms with Crippen LogP contribution in [0.5, 0.6) is 5.75 Å². The van der Waals surface area contributed by atoms with Gasteiger partial charge in [-0.25, -0.2) is 9.97 Å². The maximum atomic E-state index is 13.4. The van der Waals surface area contributed by atoms with Crippen LogP contribution in [0.1, 0.15) is 15.9 Å². The number of carbonyl (C=O) groups is 2. The largest absolute Gasteiger partial charge is 0.435 e. The van der Waals surface area contributed by atoms with Crippen LogP contribution < -0.4 is 15.4 Å². The highest BCUT2D eigenvalue weighted by molar-refractivity contribution is 5.96. The monoisotopic (exact) mass is 604 g/mol. The van der Waals surface area contributed by atoms with Crippen molar-refractivity contribution in [2.75, 3.05) is 64.2 Å². The Morgan fingerprint density at radius 2 is 1.70 bits per heavy atom. The summed E-state index contributed by atoms with van der Waals surface area (Å²) in [5.41, 5.74) is 4.30. The van der Waals surface area contributed by atoms with Gasteiger partial charge in [0.1, 0.15) is 5.75 Å². The first kappa shape index (κ1) is 29.5. The zero-order valence-electron chi connectivity index (χ0n) is 24.4. The summed E-state index contributed by atoms with van der Waals surface area (Å²) in [5, 5.41) is 6.60. The van der Waals surface area contributed by atoms with Crippen molar-refractivity contribution in [1.29, 1.82) is 0 Å². The van der Waals surface area contributed by atoms with Gasteiger partial charge in [0.15, 0.2) is 11.5 Å². The Morgan fingerprint density at radius 1 is 0.977 bits per heavy atom. The van der Waals surface area contributed by atoms with Crippen molar-refractivity contribution < 1.29 is 23.1 Å². The highest BCUT2D eigenvalue weighted by Crippen LogP contribution is 2.28. The quantitative estimate of drug-likeness (QED) is 0.316. The smallest absolute Gasteiger partial charge is 0.387 e. The van der Waals surface area contributed by atoms with Gasteiger partial charge in [-0.2, -0.15) is 8.78 Å². The number of anilines is 2. The topological polar surface area (TPSA) is 107 Å². The van der Waals surface area contributed by atoms with Gasteiger partial charge in [0.05, 0.1) is 18.4 Å². The van der Waals surface area contributed by atoms with Gasteiger partial charge in [-0.15, -0.1) is 0 Å². The zero-order chi connectivity index (χ0) is 30.6. The van der Waals surface area contributed by atoms with Crippen LogP contribution in [0.2, 0.25) is 0 Å². The fourth-order valence-electron chi connectivity index (χ4n) is 5.64. The summed E-state index contributed by atoms with van der Waals surface area (Å²) in [4.78, 5) is 41.0. The Kier molecular flexibility index (Phi) is 8.66. The van der Waals surface area contributed by atoms with Crippen LogP contribution in [0.15, 0.2) is 61.1 Å². The number of benzene rings is 2. The minimum Gasteiger partial charge on any atom is -0.435 e. The normalized spacial score (nSPS) is 16.0. The molecule has 2 amide bonds. The lowest BCUT2D eigenvalue weighted by atomic mass is 10.1. The van der Waals surface area contributed by atoms with Crippen LogP contribution in [0.3, 0.4) is 0 Å². The fourth-order valence-corrected chi connectivity index (χ4v) is 5.64. The molecule has 0 spiro atoms. The van der Waals surface area contributed by atoms with E-state index in [1.165, 1.54) is 12.1 Å². The minimum atomic E-state index is -2.88. The number of nitrogens with zero attached hydrogens (tertiary/aromatic N) is 6. The zero-order valence-corrected chi connectivity index (χ0v) is 24.4. The van der Waals surface area contributed by atoms with E-state index in [-0.39, 0.29) is 17.6 Å². The molecule has 6 rings (SSSR count). The van der Waals surface area contributed by atoms with Gasteiger partial charge in [0, 0.05) is 81.6 Å². The van der Waals surface area contributed by atoms with Crippen LogP contribution in [0.25, 0.3) is 16.9 Å². The number of hydrogen-bond acceptors (Lipinski definition) is 8. The maximum absolute atomic E-state index is 13.4. The number of halogens is 2. The highest BCUT2D eigenvalue weighted by Gasteiger charge is 2.27. The van der Waals surface area contributed by atoms with E-state index in [0.717, 1.165) is 48.7 Å². The lowest BCUT2D eigenvalue weighted by molar-refractivity contribution is -0.134. The van der Waals surface area contributed by atoms with Crippen LogP contribution in [-0.2, 0) is 4.79 Å². The molecule has 11 nitrogen and oxygen atoms in total. The van der Waals surface area contributed by atoms with Gasteiger partial charge in [-0.3, -0.25) is 18.9 Å². The molecule has 0 radical (unpaired) electrons. The molecule has 2 aliphatic heterocycles. The number of nitrogens with one attached hydrogen (secondary N) is 2. The fraction of sp³-hybridized carbons (Fsp3) is 0.355. The number of piperazine rings is 2. The minimum absolute atomic E-state index is 0.0497. The van der Waals surface area contributed by atoms with E-state index in [4.69, 9.17) is 0 Å². The Hall–Kier alpha value is -4.62. The second-order valence-electron chi connectivity index (χ2n) is 10.9. The summed E-state index contributed by atoms with van der Waals surface area (Å²) < 4.78 is 31.3. The molecule has 2 fully saturated rings.